The van der Waals surface area contributed by atoms with Crippen molar-refractivity contribution in [1.29, 1.82) is 0 Å². The molecule has 4 rings (SSSR count). The molecule has 0 aromatic rings. The van der Waals surface area contributed by atoms with Gasteiger partial charge in [0.15, 0.2) is 0 Å². The third-order valence-corrected chi connectivity index (χ3v) is 7.15. The number of hydrogen-bond acceptors (Lipinski definition) is 6. The van der Waals surface area contributed by atoms with E-state index in [9.17, 15) is 14.4 Å². The van der Waals surface area contributed by atoms with Gasteiger partial charge in [-0.15, -0.1) is 0 Å². The van der Waals surface area contributed by atoms with Crippen LogP contribution in [-0.2, 0) is 14.4 Å². The molecule has 0 bridgehead atoms. The molecule has 0 aromatic carbocycles. The second-order valence-electron chi connectivity index (χ2n) is 9.56. The minimum absolute atomic E-state index is 0.262. The van der Waals surface area contributed by atoms with Gasteiger partial charge in [-0.05, 0) is 37.7 Å². The van der Waals surface area contributed by atoms with Crippen molar-refractivity contribution in [2.24, 2.45) is 23.7 Å². The molecule has 182 valence electrons. The molecular weight excluding hydrogens is 426 g/mol. The van der Waals surface area contributed by atoms with E-state index >= 15 is 0 Å². The molecule has 0 spiro atoms. The van der Waals surface area contributed by atoms with E-state index in [0.717, 1.165) is 25.1 Å². The van der Waals surface area contributed by atoms with Crippen LogP contribution in [0.15, 0.2) is 36.1 Å². The zero-order chi connectivity index (χ0) is 24.2. The van der Waals surface area contributed by atoms with Crippen molar-refractivity contribution >= 4 is 18.0 Å². The predicted octanol–water partition coefficient (Wildman–Crippen LogP) is 3.27. The normalized spacial score (nSPS) is 32.9. The highest BCUT2D eigenvalue weighted by Crippen LogP contribution is 2.54. The van der Waals surface area contributed by atoms with Crippen molar-refractivity contribution in [2.75, 3.05) is 6.54 Å². The van der Waals surface area contributed by atoms with Gasteiger partial charge in [0, 0.05) is 36.6 Å². The first kappa shape index (κ1) is 24.8. The maximum atomic E-state index is 12.6. The second-order valence-corrected chi connectivity index (χ2v) is 9.56. The number of hydrogen-bond donors (Lipinski definition) is 4. The van der Waals surface area contributed by atoms with Crippen LogP contribution in [0.25, 0.3) is 0 Å². The monoisotopic (exact) mass is 461 g/mol. The fourth-order valence-corrected chi connectivity index (χ4v) is 5.70. The molecule has 2 aliphatic carbocycles. The van der Waals surface area contributed by atoms with Crippen LogP contribution < -0.4 is 10.6 Å². The Morgan fingerprint density at radius 3 is 2.39 bits per heavy atom. The third-order valence-electron chi connectivity index (χ3n) is 7.15. The standard InChI is InChI=1S/C20H31N3O2.C4H4O4/c1-13-8-7-11-16-17(13)18-14(2)12-21-20(18,3)23(16)25-19(24)22-15-9-5-4-6-10-15;5-3(6)1-2-4(7)8/h7-8,11,13-15,17-18,21H,4-6,9-10,12H2,1-3H3,(H,22,24);1-2H,(H,5,6)(H,7,8). The molecule has 4 aliphatic rings. The van der Waals surface area contributed by atoms with Crippen molar-refractivity contribution in [3.63, 3.8) is 0 Å². The van der Waals surface area contributed by atoms with Gasteiger partial charge in [0.2, 0.25) is 0 Å². The van der Waals surface area contributed by atoms with Crippen molar-refractivity contribution in [3.05, 3.63) is 36.1 Å². The molecule has 9 nitrogen and oxygen atoms in total. The van der Waals surface area contributed by atoms with E-state index in [1.54, 1.807) is 0 Å². The molecule has 5 atom stereocenters. The molecule has 1 amide bonds. The SMILES string of the molecule is CC1C=CC=C2C1C1C(C)CNC1(C)N2OC(=O)NC1CCCCC1.O=C(O)C=CC(=O)O. The van der Waals surface area contributed by atoms with Crippen LogP contribution in [0.1, 0.15) is 52.9 Å². The Balaban J connectivity index is 0.000000331. The lowest BCUT2D eigenvalue weighted by atomic mass is 9.73. The summed E-state index contributed by atoms with van der Waals surface area (Å²) in [6.07, 6.45) is 13.1. The Morgan fingerprint density at radius 1 is 1.15 bits per heavy atom. The van der Waals surface area contributed by atoms with E-state index in [1.165, 1.54) is 19.3 Å². The number of carbonyl (C=O) groups excluding carboxylic acids is 1. The van der Waals surface area contributed by atoms with Crippen molar-refractivity contribution < 1.29 is 29.4 Å². The van der Waals surface area contributed by atoms with Crippen LogP contribution in [-0.4, -0.2) is 51.6 Å². The smallest absolute Gasteiger partial charge is 0.431 e. The van der Waals surface area contributed by atoms with E-state index in [4.69, 9.17) is 15.1 Å². The first-order valence-electron chi connectivity index (χ1n) is 11.7. The molecule has 2 heterocycles. The second kappa shape index (κ2) is 10.4. The summed E-state index contributed by atoms with van der Waals surface area (Å²) in [7, 11) is 0. The Morgan fingerprint density at radius 2 is 1.79 bits per heavy atom. The van der Waals surface area contributed by atoms with E-state index in [0.29, 0.717) is 35.8 Å². The maximum Gasteiger partial charge on any atom is 0.431 e. The lowest BCUT2D eigenvalue weighted by Crippen LogP contribution is -2.53. The number of nitrogens with zero attached hydrogens (tertiary/aromatic N) is 1. The lowest BCUT2D eigenvalue weighted by Gasteiger charge is -2.35. The van der Waals surface area contributed by atoms with E-state index in [-0.39, 0.29) is 17.8 Å². The predicted molar refractivity (Wildman–Crippen MR) is 122 cm³/mol. The number of carboxylic acids is 2. The maximum absolute atomic E-state index is 12.6. The summed E-state index contributed by atoms with van der Waals surface area (Å²) in [5.41, 5.74) is 0.820. The Bertz CT molecular complexity index is 831. The molecule has 5 unspecified atom stereocenters. The number of amides is 1. The highest BCUT2D eigenvalue weighted by atomic mass is 16.7. The highest BCUT2D eigenvalue weighted by Gasteiger charge is 2.61. The molecule has 0 radical (unpaired) electrons. The van der Waals surface area contributed by atoms with Crippen LogP contribution in [0.5, 0.6) is 0 Å². The Labute approximate surface area is 194 Å². The first-order valence-corrected chi connectivity index (χ1v) is 11.7. The summed E-state index contributed by atoms with van der Waals surface area (Å²) in [5.74, 6) is -0.646. The summed E-state index contributed by atoms with van der Waals surface area (Å²) in [4.78, 5) is 37.6. The molecule has 1 saturated carbocycles. The topological polar surface area (TPSA) is 128 Å². The number of hydroxylamine groups is 2. The summed E-state index contributed by atoms with van der Waals surface area (Å²) < 4.78 is 0. The molecule has 4 N–H and O–H groups in total. The van der Waals surface area contributed by atoms with Gasteiger partial charge in [-0.1, -0.05) is 45.3 Å². The van der Waals surface area contributed by atoms with Gasteiger partial charge in [0.1, 0.15) is 5.66 Å². The van der Waals surface area contributed by atoms with E-state index in [1.807, 2.05) is 5.06 Å². The molecule has 33 heavy (non-hydrogen) atoms. The number of allylic oxidation sites excluding steroid dienone is 4. The number of carbonyl (C=O) groups is 3. The Kier molecular flexibility index (Phi) is 7.84. The molecule has 2 saturated heterocycles. The number of carboxylic acid groups (broad SMARTS) is 2. The fourth-order valence-electron chi connectivity index (χ4n) is 5.70. The summed E-state index contributed by atoms with van der Waals surface area (Å²) >= 11 is 0. The van der Waals surface area contributed by atoms with Crippen LogP contribution in [0.4, 0.5) is 4.79 Å². The van der Waals surface area contributed by atoms with E-state index < -0.39 is 11.9 Å². The minimum atomic E-state index is -1.26. The quantitative estimate of drug-likeness (QED) is 0.470. The number of aliphatic carboxylic acids is 2. The number of nitrogens with one attached hydrogen (secondary N) is 2. The van der Waals surface area contributed by atoms with Gasteiger partial charge in [0.25, 0.3) is 0 Å². The van der Waals surface area contributed by atoms with Crippen LogP contribution >= 0.6 is 0 Å². The zero-order valence-corrected chi connectivity index (χ0v) is 19.5. The van der Waals surface area contributed by atoms with Gasteiger partial charge < -0.3 is 20.4 Å². The molecule has 2 aliphatic heterocycles. The third kappa shape index (κ3) is 5.58. The fraction of sp³-hybridized carbons (Fsp3) is 0.625. The lowest BCUT2D eigenvalue weighted by molar-refractivity contribution is -0.138. The molecule has 0 aromatic heterocycles. The van der Waals surface area contributed by atoms with Gasteiger partial charge in [-0.25, -0.2) is 14.4 Å². The largest absolute Gasteiger partial charge is 0.478 e. The van der Waals surface area contributed by atoms with Crippen LogP contribution in [0.3, 0.4) is 0 Å². The molecule has 3 fully saturated rings. The first-order chi connectivity index (χ1) is 15.6. The summed E-state index contributed by atoms with van der Waals surface area (Å²) in [6, 6.07) is 0.262. The summed E-state index contributed by atoms with van der Waals surface area (Å²) in [6.45, 7) is 7.72. The highest BCUT2D eigenvalue weighted by molar-refractivity contribution is 5.89. The van der Waals surface area contributed by atoms with Crippen molar-refractivity contribution in [2.45, 2.75) is 64.6 Å². The number of rotatable bonds is 4. The van der Waals surface area contributed by atoms with Gasteiger partial charge in [-0.2, -0.15) is 5.06 Å². The van der Waals surface area contributed by atoms with Gasteiger partial charge in [0.05, 0.1) is 5.70 Å². The number of fused-ring (bicyclic) bond motifs is 3. The van der Waals surface area contributed by atoms with E-state index in [2.05, 4.69) is 49.6 Å². The van der Waals surface area contributed by atoms with Crippen LogP contribution in [0, 0.1) is 23.7 Å². The van der Waals surface area contributed by atoms with Crippen molar-refractivity contribution in [1.82, 2.24) is 15.7 Å². The average molecular weight is 462 g/mol. The molecular formula is C24H35N3O6. The molecule has 9 heteroatoms. The van der Waals surface area contributed by atoms with Crippen LogP contribution in [0.2, 0.25) is 0 Å². The van der Waals surface area contributed by atoms with Gasteiger partial charge in [-0.3, -0.25) is 5.32 Å². The van der Waals surface area contributed by atoms with Gasteiger partial charge >= 0.3 is 18.0 Å². The minimum Gasteiger partial charge on any atom is -0.478 e. The Hall–Kier alpha value is -2.81. The van der Waals surface area contributed by atoms with Crippen molar-refractivity contribution in [3.8, 4) is 0 Å². The zero-order valence-electron chi connectivity index (χ0n) is 19.5. The average Bonchev–Trinajstić information content (AvgIpc) is 3.19. The summed E-state index contributed by atoms with van der Waals surface area (Å²) in [5, 5.41) is 24.2.